The van der Waals surface area contributed by atoms with Gasteiger partial charge in [0.25, 0.3) is 5.56 Å². The van der Waals surface area contributed by atoms with E-state index in [1.54, 1.807) is 7.11 Å². The summed E-state index contributed by atoms with van der Waals surface area (Å²) in [4.78, 5) is 19.9. The van der Waals surface area contributed by atoms with Crippen LogP contribution in [0.15, 0.2) is 29.1 Å². The van der Waals surface area contributed by atoms with Gasteiger partial charge in [-0.1, -0.05) is 24.6 Å². The van der Waals surface area contributed by atoms with E-state index in [0.29, 0.717) is 6.42 Å². The number of aromatic amines is 1. The molecule has 21 heavy (non-hydrogen) atoms. The Labute approximate surface area is 124 Å². The molecule has 0 aliphatic heterocycles. The maximum absolute atomic E-state index is 12.3. The van der Waals surface area contributed by atoms with Gasteiger partial charge >= 0.3 is 0 Å². The fraction of sp³-hybridized carbons (Fsp3) is 0.412. The third-order valence-corrected chi connectivity index (χ3v) is 4.04. The van der Waals surface area contributed by atoms with Crippen LogP contribution in [0.4, 0.5) is 0 Å². The highest BCUT2D eigenvalue weighted by molar-refractivity contribution is 5.35. The van der Waals surface area contributed by atoms with Gasteiger partial charge in [-0.2, -0.15) is 0 Å². The molecule has 0 amide bonds. The molecule has 110 valence electrons. The minimum Gasteiger partial charge on any atom is -0.496 e. The number of benzene rings is 1. The number of aromatic nitrogens is 2. The van der Waals surface area contributed by atoms with E-state index in [4.69, 9.17) is 9.72 Å². The molecule has 0 radical (unpaired) electrons. The summed E-state index contributed by atoms with van der Waals surface area (Å²) in [6.07, 6.45) is 5.75. The van der Waals surface area contributed by atoms with Crippen LogP contribution in [-0.4, -0.2) is 17.1 Å². The summed E-state index contributed by atoms with van der Waals surface area (Å²) in [5.74, 6) is 1.56. The molecule has 0 spiro atoms. The molecule has 4 nitrogen and oxygen atoms in total. The van der Waals surface area contributed by atoms with Crippen molar-refractivity contribution < 1.29 is 4.74 Å². The quantitative estimate of drug-likeness (QED) is 0.882. The summed E-state index contributed by atoms with van der Waals surface area (Å²) >= 11 is 0. The molecule has 1 aliphatic rings. The first kappa shape index (κ1) is 13.9. The molecule has 2 aromatic rings. The zero-order valence-electron chi connectivity index (χ0n) is 12.3. The van der Waals surface area contributed by atoms with Crippen molar-refractivity contribution in [3.05, 3.63) is 57.3 Å². The smallest absolute Gasteiger partial charge is 0.254 e. The monoisotopic (exact) mass is 284 g/mol. The third kappa shape index (κ3) is 2.99. The van der Waals surface area contributed by atoms with Gasteiger partial charge < -0.3 is 9.72 Å². The van der Waals surface area contributed by atoms with Gasteiger partial charge in [0.05, 0.1) is 12.8 Å². The lowest BCUT2D eigenvalue weighted by molar-refractivity contribution is 0.410. The topological polar surface area (TPSA) is 55.0 Å². The molecule has 0 bridgehead atoms. The minimum absolute atomic E-state index is 0.0341. The van der Waals surface area contributed by atoms with Crippen molar-refractivity contribution in [3.8, 4) is 5.75 Å². The van der Waals surface area contributed by atoms with Crippen LogP contribution in [0.1, 0.15) is 41.9 Å². The molecule has 0 atom stereocenters. The van der Waals surface area contributed by atoms with Gasteiger partial charge in [-0.05, 0) is 31.7 Å². The van der Waals surface area contributed by atoms with Crippen LogP contribution in [0.25, 0.3) is 0 Å². The number of nitrogens with zero attached hydrogens (tertiary/aromatic N) is 1. The first-order chi connectivity index (χ1) is 10.3. The standard InChI is InChI=1S/C17H20N2O2/c1-21-15-10-6-5-7-12(15)11-16-18-14-9-4-2-3-8-13(14)17(20)19-16/h5-7,10H,2-4,8-9,11H2,1H3,(H,18,19,20). The maximum atomic E-state index is 12.3. The first-order valence-corrected chi connectivity index (χ1v) is 7.51. The van der Waals surface area contributed by atoms with Crippen LogP contribution >= 0.6 is 0 Å². The molecule has 0 fully saturated rings. The van der Waals surface area contributed by atoms with Crippen molar-refractivity contribution >= 4 is 0 Å². The summed E-state index contributed by atoms with van der Waals surface area (Å²) in [6.45, 7) is 0. The van der Waals surface area contributed by atoms with Crippen molar-refractivity contribution in [2.75, 3.05) is 7.11 Å². The second-order valence-electron chi connectivity index (χ2n) is 5.49. The number of methoxy groups -OCH3 is 1. The van der Waals surface area contributed by atoms with Crippen LogP contribution in [-0.2, 0) is 19.3 Å². The van der Waals surface area contributed by atoms with E-state index in [-0.39, 0.29) is 5.56 Å². The number of fused-ring (bicyclic) bond motifs is 1. The highest BCUT2D eigenvalue weighted by atomic mass is 16.5. The highest BCUT2D eigenvalue weighted by Crippen LogP contribution is 2.21. The third-order valence-electron chi connectivity index (χ3n) is 4.04. The number of aryl methyl sites for hydroxylation is 1. The van der Waals surface area contributed by atoms with E-state index in [9.17, 15) is 4.79 Å². The Morgan fingerprint density at radius 1 is 1.19 bits per heavy atom. The second kappa shape index (κ2) is 6.12. The van der Waals surface area contributed by atoms with Crippen LogP contribution in [0, 0.1) is 0 Å². The Morgan fingerprint density at radius 3 is 2.86 bits per heavy atom. The average molecular weight is 284 g/mol. The summed E-state index contributed by atoms with van der Waals surface area (Å²) in [5, 5.41) is 0. The molecule has 0 unspecified atom stereocenters. The summed E-state index contributed by atoms with van der Waals surface area (Å²) in [5.41, 5.74) is 2.95. The predicted molar refractivity (Wildman–Crippen MR) is 81.9 cm³/mol. The predicted octanol–water partition coefficient (Wildman–Crippen LogP) is 2.64. The maximum Gasteiger partial charge on any atom is 0.254 e. The van der Waals surface area contributed by atoms with Crippen LogP contribution in [0.2, 0.25) is 0 Å². The molecular weight excluding hydrogens is 264 g/mol. The Hall–Kier alpha value is -2.10. The van der Waals surface area contributed by atoms with Crippen molar-refractivity contribution in [2.45, 2.75) is 38.5 Å². The number of H-pyrrole nitrogens is 1. The van der Waals surface area contributed by atoms with Crippen molar-refractivity contribution in [1.82, 2.24) is 9.97 Å². The molecule has 3 rings (SSSR count). The average Bonchev–Trinajstić information content (AvgIpc) is 2.73. The van der Waals surface area contributed by atoms with Crippen molar-refractivity contribution in [3.63, 3.8) is 0 Å². The Balaban J connectivity index is 1.95. The van der Waals surface area contributed by atoms with Crippen molar-refractivity contribution in [2.24, 2.45) is 0 Å². The number of ether oxygens (including phenoxy) is 1. The SMILES string of the molecule is COc1ccccc1Cc1nc2c(c(=O)[nH]1)CCCCC2. The number of para-hydroxylation sites is 1. The Bertz CT molecular complexity index is 691. The molecular formula is C17H20N2O2. The first-order valence-electron chi connectivity index (χ1n) is 7.51. The van der Waals surface area contributed by atoms with Crippen LogP contribution < -0.4 is 10.3 Å². The summed E-state index contributed by atoms with van der Waals surface area (Å²) < 4.78 is 5.36. The molecule has 1 aliphatic carbocycles. The minimum atomic E-state index is 0.0341. The number of hydrogen-bond acceptors (Lipinski definition) is 3. The van der Waals surface area contributed by atoms with Gasteiger partial charge in [-0.25, -0.2) is 4.98 Å². The van der Waals surface area contributed by atoms with Gasteiger partial charge in [-0.15, -0.1) is 0 Å². The van der Waals surface area contributed by atoms with Gasteiger partial charge in [0, 0.05) is 17.5 Å². The molecule has 4 heteroatoms. The Morgan fingerprint density at radius 2 is 2.00 bits per heavy atom. The largest absolute Gasteiger partial charge is 0.496 e. The van der Waals surface area contributed by atoms with E-state index in [2.05, 4.69) is 4.98 Å². The van der Waals surface area contributed by atoms with Gasteiger partial charge in [0.1, 0.15) is 11.6 Å². The molecule has 0 saturated heterocycles. The number of rotatable bonds is 3. The van der Waals surface area contributed by atoms with E-state index < -0.39 is 0 Å². The Kier molecular flexibility index (Phi) is 4.04. The lowest BCUT2D eigenvalue weighted by atomic mass is 10.1. The second-order valence-corrected chi connectivity index (χ2v) is 5.49. The summed E-state index contributed by atoms with van der Waals surface area (Å²) in [7, 11) is 1.66. The molecule has 0 saturated carbocycles. The molecule has 1 aromatic carbocycles. The summed E-state index contributed by atoms with van der Waals surface area (Å²) in [6, 6.07) is 7.84. The lowest BCUT2D eigenvalue weighted by Gasteiger charge is -2.10. The fourth-order valence-corrected chi connectivity index (χ4v) is 2.94. The normalized spacial score (nSPS) is 14.3. The van der Waals surface area contributed by atoms with Crippen LogP contribution in [0.5, 0.6) is 5.75 Å². The fourth-order valence-electron chi connectivity index (χ4n) is 2.94. The van der Waals surface area contributed by atoms with E-state index >= 15 is 0 Å². The van der Waals surface area contributed by atoms with Crippen molar-refractivity contribution in [1.29, 1.82) is 0 Å². The highest BCUT2D eigenvalue weighted by Gasteiger charge is 2.15. The lowest BCUT2D eigenvalue weighted by Crippen LogP contribution is -2.20. The van der Waals surface area contributed by atoms with Gasteiger partial charge in [-0.3, -0.25) is 4.79 Å². The number of nitrogens with one attached hydrogen (secondary N) is 1. The molecule has 1 heterocycles. The van der Waals surface area contributed by atoms with Crippen LogP contribution in [0.3, 0.4) is 0 Å². The number of hydrogen-bond donors (Lipinski definition) is 1. The van der Waals surface area contributed by atoms with E-state index in [1.165, 1.54) is 6.42 Å². The van der Waals surface area contributed by atoms with Gasteiger partial charge in [0.2, 0.25) is 0 Å². The zero-order valence-corrected chi connectivity index (χ0v) is 12.3. The zero-order chi connectivity index (χ0) is 14.7. The van der Waals surface area contributed by atoms with E-state index in [0.717, 1.165) is 54.1 Å². The van der Waals surface area contributed by atoms with E-state index in [1.807, 2.05) is 24.3 Å². The molecule has 1 N–H and O–H groups in total. The molecule has 1 aromatic heterocycles. The van der Waals surface area contributed by atoms with Gasteiger partial charge in [0.15, 0.2) is 0 Å².